The molecule has 0 fully saturated rings. The fourth-order valence-corrected chi connectivity index (χ4v) is 5.68. The largest absolute Gasteiger partial charge is 0.497 e. The number of hydrogen-bond donors (Lipinski definition) is 1. The molecule has 40 heavy (non-hydrogen) atoms. The zero-order chi connectivity index (χ0) is 29.3. The van der Waals surface area contributed by atoms with Gasteiger partial charge in [-0.2, -0.15) is 0 Å². The fraction of sp³-hybridized carbons (Fsp3) is 0.333. The van der Waals surface area contributed by atoms with Gasteiger partial charge < -0.3 is 15.0 Å². The zero-order valence-corrected chi connectivity index (χ0v) is 24.8. The number of benzene rings is 3. The van der Waals surface area contributed by atoms with Crippen LogP contribution >= 0.6 is 11.6 Å². The first-order chi connectivity index (χ1) is 19.1. The summed E-state index contributed by atoms with van der Waals surface area (Å²) < 4.78 is 33.9. The Morgan fingerprint density at radius 3 is 2.30 bits per heavy atom. The highest BCUT2D eigenvalue weighted by molar-refractivity contribution is 7.92. The van der Waals surface area contributed by atoms with E-state index in [1.165, 1.54) is 24.1 Å². The molecule has 8 nitrogen and oxygen atoms in total. The molecule has 1 N–H and O–H groups in total. The molecular formula is C30H36ClN3O5S. The minimum absolute atomic E-state index is 0.00774. The van der Waals surface area contributed by atoms with Crippen LogP contribution in [0.25, 0.3) is 0 Å². The minimum atomic E-state index is -4.18. The first-order valence-electron chi connectivity index (χ1n) is 13.1. The van der Waals surface area contributed by atoms with Gasteiger partial charge in [0.2, 0.25) is 11.8 Å². The van der Waals surface area contributed by atoms with Gasteiger partial charge in [0.15, 0.2) is 0 Å². The molecule has 0 aromatic heterocycles. The molecule has 3 aromatic rings. The second-order valence-electron chi connectivity index (χ2n) is 9.49. The number of carbonyl (C=O) groups is 2. The Labute approximate surface area is 241 Å². The summed E-state index contributed by atoms with van der Waals surface area (Å²) in [5, 5.41) is 3.31. The van der Waals surface area contributed by atoms with E-state index >= 15 is 0 Å². The third kappa shape index (κ3) is 7.99. The van der Waals surface area contributed by atoms with E-state index in [1.54, 1.807) is 43.3 Å². The minimum Gasteiger partial charge on any atom is -0.497 e. The summed E-state index contributed by atoms with van der Waals surface area (Å²) in [6.07, 6.45) is 1.73. The van der Waals surface area contributed by atoms with E-state index in [-0.39, 0.29) is 23.0 Å². The number of sulfonamides is 1. The summed E-state index contributed by atoms with van der Waals surface area (Å²) in [5.41, 5.74) is 2.11. The molecule has 0 aliphatic carbocycles. The highest BCUT2D eigenvalue weighted by Crippen LogP contribution is 2.27. The Kier molecular flexibility index (Phi) is 11.0. The van der Waals surface area contributed by atoms with Crippen LogP contribution in [-0.4, -0.2) is 51.4 Å². The normalized spacial score (nSPS) is 11.9. The first-order valence-corrected chi connectivity index (χ1v) is 14.9. The number of anilines is 1. The van der Waals surface area contributed by atoms with E-state index in [4.69, 9.17) is 16.3 Å². The number of amides is 2. The topological polar surface area (TPSA) is 96.0 Å². The van der Waals surface area contributed by atoms with Crippen molar-refractivity contribution in [3.05, 3.63) is 88.9 Å². The van der Waals surface area contributed by atoms with Gasteiger partial charge in [-0.1, -0.05) is 54.8 Å². The van der Waals surface area contributed by atoms with Gasteiger partial charge >= 0.3 is 0 Å². The molecule has 2 amide bonds. The molecular weight excluding hydrogens is 550 g/mol. The lowest BCUT2D eigenvalue weighted by molar-refractivity contribution is -0.139. The maximum absolute atomic E-state index is 13.9. The summed E-state index contributed by atoms with van der Waals surface area (Å²) in [4.78, 5) is 28.4. The van der Waals surface area contributed by atoms with Crippen molar-refractivity contribution in [2.24, 2.45) is 0 Å². The van der Waals surface area contributed by atoms with E-state index in [1.807, 2.05) is 38.1 Å². The molecule has 10 heteroatoms. The fourth-order valence-electron chi connectivity index (χ4n) is 4.14. The van der Waals surface area contributed by atoms with E-state index in [0.717, 1.165) is 28.3 Å². The summed E-state index contributed by atoms with van der Waals surface area (Å²) in [6, 6.07) is 19.0. The van der Waals surface area contributed by atoms with Gasteiger partial charge in [-0.3, -0.25) is 13.9 Å². The molecule has 0 saturated heterocycles. The van der Waals surface area contributed by atoms with Gasteiger partial charge in [0.25, 0.3) is 10.0 Å². The van der Waals surface area contributed by atoms with Crippen molar-refractivity contribution in [3.63, 3.8) is 0 Å². The van der Waals surface area contributed by atoms with Crippen LogP contribution in [0, 0.1) is 6.92 Å². The molecule has 0 saturated carbocycles. The van der Waals surface area contributed by atoms with Crippen LogP contribution in [0.15, 0.2) is 77.7 Å². The van der Waals surface area contributed by atoms with Crippen molar-refractivity contribution in [2.45, 2.75) is 51.1 Å². The van der Waals surface area contributed by atoms with Crippen molar-refractivity contribution in [2.75, 3.05) is 24.5 Å². The number of ether oxygens (including phenoxy) is 1. The number of rotatable bonds is 13. The maximum atomic E-state index is 13.9. The molecule has 0 bridgehead atoms. The second kappa shape index (κ2) is 14.2. The number of methoxy groups -OCH3 is 1. The maximum Gasteiger partial charge on any atom is 0.264 e. The van der Waals surface area contributed by atoms with Crippen molar-refractivity contribution in [1.29, 1.82) is 0 Å². The van der Waals surface area contributed by atoms with Crippen LogP contribution in [0.5, 0.6) is 5.75 Å². The number of aryl methyl sites for hydroxylation is 1. The number of halogens is 1. The van der Waals surface area contributed by atoms with Crippen LogP contribution < -0.4 is 14.4 Å². The Morgan fingerprint density at radius 2 is 1.70 bits per heavy atom. The summed E-state index contributed by atoms with van der Waals surface area (Å²) in [5.74, 6) is -0.322. The van der Waals surface area contributed by atoms with Crippen molar-refractivity contribution < 1.29 is 22.7 Å². The lowest BCUT2D eigenvalue weighted by Crippen LogP contribution is -2.51. The standard InChI is InChI=1S/C30H36ClN3O5S/c1-5-6-18-32-30(36)23(3)33(20-24-9-7-8-22(2)19-24)29(35)21-34(26-12-10-25(31)11-13-26)40(37,38)28-16-14-27(39-4)15-17-28/h7-17,19,23H,5-6,18,20-21H2,1-4H3,(H,32,36)/t23-/m0/s1. The van der Waals surface area contributed by atoms with Gasteiger partial charge in [-0.25, -0.2) is 8.42 Å². The van der Waals surface area contributed by atoms with Crippen LogP contribution in [-0.2, 0) is 26.2 Å². The molecule has 1 atom stereocenters. The van der Waals surface area contributed by atoms with E-state index in [2.05, 4.69) is 5.32 Å². The molecule has 3 rings (SSSR count). The first kappa shape index (κ1) is 31.0. The number of nitrogens with zero attached hydrogens (tertiary/aromatic N) is 2. The van der Waals surface area contributed by atoms with E-state index < -0.39 is 28.5 Å². The average Bonchev–Trinajstić information content (AvgIpc) is 2.94. The number of nitrogens with one attached hydrogen (secondary N) is 1. The molecule has 0 radical (unpaired) electrons. The molecule has 0 aliphatic heterocycles. The SMILES string of the molecule is CCCCNC(=O)[C@H](C)N(Cc1cccc(C)c1)C(=O)CN(c1ccc(Cl)cc1)S(=O)(=O)c1ccc(OC)cc1. The lowest BCUT2D eigenvalue weighted by Gasteiger charge is -2.32. The highest BCUT2D eigenvalue weighted by atomic mass is 35.5. The van der Waals surface area contributed by atoms with Gasteiger partial charge in [0, 0.05) is 18.1 Å². The molecule has 0 aliphatic rings. The Bertz CT molecular complexity index is 1400. The molecule has 0 unspecified atom stereocenters. The van der Waals surface area contributed by atoms with Crippen molar-refractivity contribution in [3.8, 4) is 5.75 Å². The Morgan fingerprint density at radius 1 is 1.02 bits per heavy atom. The summed E-state index contributed by atoms with van der Waals surface area (Å²) in [7, 11) is -2.69. The van der Waals surface area contributed by atoms with Crippen molar-refractivity contribution >= 4 is 39.1 Å². The van der Waals surface area contributed by atoms with E-state index in [0.29, 0.717) is 17.3 Å². The lowest BCUT2D eigenvalue weighted by atomic mass is 10.1. The van der Waals surface area contributed by atoms with Crippen LogP contribution in [0.1, 0.15) is 37.8 Å². The highest BCUT2D eigenvalue weighted by Gasteiger charge is 2.32. The predicted octanol–water partition coefficient (Wildman–Crippen LogP) is 5.19. The van der Waals surface area contributed by atoms with E-state index in [9.17, 15) is 18.0 Å². The number of hydrogen-bond acceptors (Lipinski definition) is 5. The quantitative estimate of drug-likeness (QED) is 0.279. The monoisotopic (exact) mass is 585 g/mol. The average molecular weight is 586 g/mol. The number of carbonyl (C=O) groups excluding carboxylic acids is 2. The molecule has 3 aromatic carbocycles. The van der Waals surface area contributed by atoms with Gasteiger partial charge in [-0.15, -0.1) is 0 Å². The third-order valence-corrected chi connectivity index (χ3v) is 8.51. The van der Waals surface area contributed by atoms with Crippen LogP contribution in [0.2, 0.25) is 5.02 Å². The van der Waals surface area contributed by atoms with Gasteiger partial charge in [0.1, 0.15) is 18.3 Å². The zero-order valence-electron chi connectivity index (χ0n) is 23.3. The van der Waals surface area contributed by atoms with Gasteiger partial charge in [-0.05, 0) is 74.4 Å². The molecule has 0 heterocycles. The Hall–Kier alpha value is -3.56. The molecule has 214 valence electrons. The third-order valence-electron chi connectivity index (χ3n) is 6.47. The summed E-state index contributed by atoms with van der Waals surface area (Å²) in [6.45, 7) is 5.74. The van der Waals surface area contributed by atoms with Crippen LogP contribution in [0.4, 0.5) is 5.69 Å². The smallest absolute Gasteiger partial charge is 0.264 e. The summed E-state index contributed by atoms with van der Waals surface area (Å²) >= 11 is 6.07. The van der Waals surface area contributed by atoms with Crippen molar-refractivity contribution in [1.82, 2.24) is 10.2 Å². The predicted molar refractivity (Wildman–Crippen MR) is 158 cm³/mol. The van der Waals surface area contributed by atoms with Gasteiger partial charge in [0.05, 0.1) is 17.7 Å². The Balaban J connectivity index is 2.00. The molecule has 0 spiro atoms. The number of unbranched alkanes of at least 4 members (excludes halogenated alkanes) is 1. The second-order valence-corrected chi connectivity index (χ2v) is 11.8. The van der Waals surface area contributed by atoms with Crippen LogP contribution in [0.3, 0.4) is 0 Å².